The van der Waals surface area contributed by atoms with Crippen molar-refractivity contribution in [1.29, 1.82) is 0 Å². The number of aryl methyl sites for hydroxylation is 1. The molecule has 0 saturated heterocycles. The molecule has 1 aromatic carbocycles. The van der Waals surface area contributed by atoms with Gasteiger partial charge in [-0.1, -0.05) is 24.6 Å². The van der Waals surface area contributed by atoms with Gasteiger partial charge in [-0.05, 0) is 26.3 Å². The van der Waals surface area contributed by atoms with Crippen LogP contribution in [0.3, 0.4) is 0 Å². The number of halogens is 2. The number of rotatable bonds is 7. The van der Waals surface area contributed by atoms with Gasteiger partial charge in [-0.25, -0.2) is 8.78 Å². The molecule has 0 aliphatic heterocycles. The zero-order chi connectivity index (χ0) is 16.1. The van der Waals surface area contributed by atoms with Gasteiger partial charge in [-0.3, -0.25) is 5.32 Å². The van der Waals surface area contributed by atoms with Crippen LogP contribution >= 0.6 is 0 Å². The molecule has 0 aliphatic carbocycles. The summed E-state index contributed by atoms with van der Waals surface area (Å²) in [5, 5.41) is 7.12. The van der Waals surface area contributed by atoms with Crippen LogP contribution in [0.2, 0.25) is 0 Å². The summed E-state index contributed by atoms with van der Waals surface area (Å²) in [4.78, 5) is 4.34. The molecule has 0 fully saturated rings. The van der Waals surface area contributed by atoms with Crippen LogP contribution in [-0.4, -0.2) is 10.1 Å². The molecule has 1 heterocycles. The topological polar surface area (TPSA) is 51.0 Å². The summed E-state index contributed by atoms with van der Waals surface area (Å²) >= 11 is 0. The molecule has 4 nitrogen and oxygen atoms in total. The SMILES string of the molecule is CCCCc1noc(C(C)NC(C)c2ccc(F)cc2F)n1. The highest BCUT2D eigenvalue weighted by atomic mass is 19.1. The Morgan fingerprint density at radius 1 is 1.23 bits per heavy atom. The minimum absolute atomic E-state index is 0.220. The molecule has 1 N–H and O–H groups in total. The van der Waals surface area contributed by atoms with Gasteiger partial charge >= 0.3 is 0 Å². The Hall–Kier alpha value is -1.82. The molecule has 0 radical (unpaired) electrons. The van der Waals surface area contributed by atoms with E-state index < -0.39 is 11.6 Å². The normalized spacial score (nSPS) is 14.0. The maximum absolute atomic E-state index is 13.8. The van der Waals surface area contributed by atoms with E-state index in [1.54, 1.807) is 6.92 Å². The van der Waals surface area contributed by atoms with Crippen LogP contribution in [0.25, 0.3) is 0 Å². The van der Waals surface area contributed by atoms with E-state index in [4.69, 9.17) is 4.52 Å². The summed E-state index contributed by atoms with van der Waals surface area (Å²) in [5.41, 5.74) is 0.402. The van der Waals surface area contributed by atoms with Gasteiger partial charge in [0.1, 0.15) is 11.6 Å². The smallest absolute Gasteiger partial charge is 0.243 e. The number of unbranched alkanes of at least 4 members (excludes halogenated alkanes) is 1. The highest BCUT2D eigenvalue weighted by molar-refractivity contribution is 5.21. The average Bonchev–Trinajstić information content (AvgIpc) is 2.93. The molecule has 0 saturated carbocycles. The van der Waals surface area contributed by atoms with Crippen LogP contribution in [0.4, 0.5) is 8.78 Å². The predicted molar refractivity (Wildman–Crippen MR) is 79.2 cm³/mol. The Balaban J connectivity index is 2.01. The summed E-state index contributed by atoms with van der Waals surface area (Å²) < 4.78 is 31.9. The molecule has 0 spiro atoms. The number of hydrogen-bond donors (Lipinski definition) is 1. The van der Waals surface area contributed by atoms with Crippen molar-refractivity contribution in [3.63, 3.8) is 0 Å². The summed E-state index contributed by atoms with van der Waals surface area (Å²) in [6.45, 7) is 5.78. The standard InChI is InChI=1S/C16H21F2N3O/c1-4-5-6-15-20-16(22-21-15)11(3)19-10(2)13-8-7-12(17)9-14(13)18/h7-11,19H,4-6H2,1-3H3. The monoisotopic (exact) mass is 309 g/mol. The lowest BCUT2D eigenvalue weighted by atomic mass is 10.1. The fourth-order valence-corrected chi connectivity index (χ4v) is 2.27. The van der Waals surface area contributed by atoms with Gasteiger partial charge in [0.05, 0.1) is 6.04 Å². The van der Waals surface area contributed by atoms with Gasteiger partial charge in [-0.2, -0.15) is 4.98 Å². The molecule has 2 atom stereocenters. The number of aromatic nitrogens is 2. The van der Waals surface area contributed by atoms with Gasteiger partial charge in [0.15, 0.2) is 5.82 Å². The van der Waals surface area contributed by atoms with E-state index in [1.165, 1.54) is 12.1 Å². The molecule has 0 bridgehead atoms. The summed E-state index contributed by atoms with van der Waals surface area (Å²) in [6.07, 6.45) is 2.87. The van der Waals surface area contributed by atoms with Crippen molar-refractivity contribution in [2.45, 2.75) is 52.1 Å². The van der Waals surface area contributed by atoms with Crippen molar-refractivity contribution in [2.75, 3.05) is 0 Å². The fraction of sp³-hybridized carbons (Fsp3) is 0.500. The highest BCUT2D eigenvalue weighted by Gasteiger charge is 2.19. The molecule has 0 amide bonds. The maximum atomic E-state index is 13.8. The van der Waals surface area contributed by atoms with E-state index in [9.17, 15) is 8.78 Å². The Morgan fingerprint density at radius 3 is 2.68 bits per heavy atom. The summed E-state index contributed by atoms with van der Waals surface area (Å²) in [5.74, 6) is 0.00641. The number of benzene rings is 1. The second kappa shape index (κ2) is 7.45. The van der Waals surface area contributed by atoms with E-state index in [0.717, 1.165) is 25.3 Å². The zero-order valence-electron chi connectivity index (χ0n) is 13.1. The number of nitrogens with zero attached hydrogens (tertiary/aromatic N) is 2. The van der Waals surface area contributed by atoms with Crippen molar-refractivity contribution >= 4 is 0 Å². The van der Waals surface area contributed by atoms with Crippen molar-refractivity contribution in [3.8, 4) is 0 Å². The molecular weight excluding hydrogens is 288 g/mol. The maximum Gasteiger partial charge on any atom is 0.243 e. The lowest BCUT2D eigenvalue weighted by Crippen LogP contribution is -2.23. The van der Waals surface area contributed by atoms with Crippen molar-refractivity contribution < 1.29 is 13.3 Å². The molecule has 120 valence electrons. The van der Waals surface area contributed by atoms with Gasteiger partial charge in [-0.15, -0.1) is 0 Å². The van der Waals surface area contributed by atoms with Crippen molar-refractivity contribution in [2.24, 2.45) is 0 Å². The molecule has 2 unspecified atom stereocenters. The van der Waals surface area contributed by atoms with E-state index in [2.05, 4.69) is 22.4 Å². The lowest BCUT2D eigenvalue weighted by molar-refractivity contribution is 0.323. The molecule has 6 heteroatoms. The minimum atomic E-state index is -0.584. The molecular formula is C16H21F2N3O. The minimum Gasteiger partial charge on any atom is -0.338 e. The van der Waals surface area contributed by atoms with Crippen LogP contribution in [0.5, 0.6) is 0 Å². The predicted octanol–water partition coefficient (Wildman–Crippen LogP) is 4.10. The first kappa shape index (κ1) is 16.5. The third kappa shape index (κ3) is 4.10. The van der Waals surface area contributed by atoms with E-state index in [0.29, 0.717) is 17.3 Å². The van der Waals surface area contributed by atoms with Crippen molar-refractivity contribution in [1.82, 2.24) is 15.5 Å². The Labute approximate surface area is 128 Å². The molecule has 0 aliphatic rings. The first-order valence-electron chi connectivity index (χ1n) is 7.54. The van der Waals surface area contributed by atoms with Gasteiger partial charge in [0, 0.05) is 24.1 Å². The van der Waals surface area contributed by atoms with Crippen molar-refractivity contribution in [3.05, 3.63) is 47.1 Å². The largest absolute Gasteiger partial charge is 0.338 e. The van der Waals surface area contributed by atoms with Crippen LogP contribution < -0.4 is 5.32 Å². The second-order valence-corrected chi connectivity index (χ2v) is 5.43. The van der Waals surface area contributed by atoms with Gasteiger partial charge in [0.2, 0.25) is 5.89 Å². The van der Waals surface area contributed by atoms with Gasteiger partial charge < -0.3 is 4.52 Å². The van der Waals surface area contributed by atoms with E-state index in [-0.39, 0.29) is 12.1 Å². The van der Waals surface area contributed by atoms with Crippen LogP contribution in [0.1, 0.15) is 63.0 Å². The molecule has 1 aromatic heterocycles. The number of hydrogen-bond acceptors (Lipinski definition) is 4. The third-order valence-electron chi connectivity index (χ3n) is 3.54. The Morgan fingerprint density at radius 2 is 2.00 bits per heavy atom. The zero-order valence-corrected chi connectivity index (χ0v) is 13.1. The van der Waals surface area contributed by atoms with Crippen LogP contribution in [0.15, 0.2) is 22.7 Å². The second-order valence-electron chi connectivity index (χ2n) is 5.43. The average molecular weight is 309 g/mol. The van der Waals surface area contributed by atoms with Crippen LogP contribution in [-0.2, 0) is 6.42 Å². The quantitative estimate of drug-likeness (QED) is 0.836. The third-order valence-corrected chi connectivity index (χ3v) is 3.54. The van der Waals surface area contributed by atoms with Crippen LogP contribution in [0, 0.1) is 11.6 Å². The first-order chi connectivity index (χ1) is 10.5. The fourth-order valence-electron chi connectivity index (χ4n) is 2.27. The van der Waals surface area contributed by atoms with E-state index in [1.807, 2.05) is 6.92 Å². The summed E-state index contributed by atoms with van der Waals surface area (Å²) in [6, 6.07) is 3.05. The van der Waals surface area contributed by atoms with E-state index >= 15 is 0 Å². The Kier molecular flexibility index (Phi) is 5.60. The Bertz CT molecular complexity index is 615. The molecule has 22 heavy (non-hydrogen) atoms. The highest BCUT2D eigenvalue weighted by Crippen LogP contribution is 2.21. The lowest BCUT2D eigenvalue weighted by Gasteiger charge is -2.18. The summed E-state index contributed by atoms with van der Waals surface area (Å²) in [7, 11) is 0. The number of nitrogens with one attached hydrogen (secondary N) is 1. The molecule has 2 aromatic rings. The first-order valence-corrected chi connectivity index (χ1v) is 7.54. The van der Waals surface area contributed by atoms with Gasteiger partial charge in [0.25, 0.3) is 0 Å². The molecule has 2 rings (SSSR count).